The lowest BCUT2D eigenvalue weighted by atomic mass is 10.1. The second-order valence-corrected chi connectivity index (χ2v) is 6.35. The van der Waals surface area contributed by atoms with Crippen LogP contribution in [0.5, 0.6) is 11.5 Å². The number of benzene rings is 1. The molecule has 2 aromatic rings. The summed E-state index contributed by atoms with van der Waals surface area (Å²) < 4.78 is 12.5. The summed E-state index contributed by atoms with van der Waals surface area (Å²) >= 11 is 0. The summed E-state index contributed by atoms with van der Waals surface area (Å²) in [6.45, 7) is 3.40. The van der Waals surface area contributed by atoms with Gasteiger partial charge in [-0.2, -0.15) is 5.10 Å². The third-order valence-electron chi connectivity index (χ3n) is 4.74. The first-order chi connectivity index (χ1) is 13.1. The number of anilines is 1. The van der Waals surface area contributed by atoms with Gasteiger partial charge in [0, 0.05) is 31.1 Å². The molecule has 1 atom stereocenters. The van der Waals surface area contributed by atoms with E-state index in [0.717, 1.165) is 5.56 Å². The topological polar surface area (TPSA) is 85.7 Å². The second-order valence-electron chi connectivity index (χ2n) is 6.35. The number of para-hydroxylation sites is 1. The van der Waals surface area contributed by atoms with Gasteiger partial charge in [0.25, 0.3) is 0 Å². The zero-order valence-corrected chi connectivity index (χ0v) is 15.8. The number of hydrogen-bond acceptors (Lipinski definition) is 5. The van der Waals surface area contributed by atoms with Gasteiger partial charge in [0.15, 0.2) is 11.5 Å². The summed E-state index contributed by atoms with van der Waals surface area (Å²) in [4.78, 5) is 26.1. The van der Waals surface area contributed by atoms with Crippen LogP contribution < -0.4 is 14.8 Å². The number of rotatable bonds is 7. The molecule has 3 rings (SSSR count). The number of nitrogens with zero attached hydrogens (tertiary/aromatic N) is 3. The Bertz CT molecular complexity index is 833. The van der Waals surface area contributed by atoms with Gasteiger partial charge in [-0.15, -0.1) is 0 Å². The number of hydrogen-bond donors (Lipinski definition) is 1. The van der Waals surface area contributed by atoms with Crippen molar-refractivity contribution in [2.45, 2.75) is 19.9 Å². The first-order valence-corrected chi connectivity index (χ1v) is 8.87. The Morgan fingerprint density at radius 1 is 1.30 bits per heavy atom. The smallest absolute Gasteiger partial charge is 0.230 e. The SMILES string of the molecule is CCN1CC(C(=O)Nc2ccnn2Cc2cccc(OC)c2OC)CC1=O. The average Bonchev–Trinajstić information content (AvgIpc) is 3.27. The van der Waals surface area contributed by atoms with E-state index in [4.69, 9.17) is 9.47 Å². The van der Waals surface area contributed by atoms with Crippen molar-refractivity contribution in [1.29, 1.82) is 0 Å². The Balaban J connectivity index is 1.74. The van der Waals surface area contributed by atoms with Gasteiger partial charge in [-0.25, -0.2) is 4.68 Å². The fourth-order valence-corrected chi connectivity index (χ4v) is 3.29. The first kappa shape index (κ1) is 18.8. The van der Waals surface area contributed by atoms with E-state index in [2.05, 4.69) is 10.4 Å². The maximum absolute atomic E-state index is 12.6. The number of nitrogens with one attached hydrogen (secondary N) is 1. The van der Waals surface area contributed by atoms with E-state index in [1.165, 1.54) is 0 Å². The monoisotopic (exact) mass is 372 g/mol. The minimum atomic E-state index is -0.341. The fourth-order valence-electron chi connectivity index (χ4n) is 3.29. The molecule has 27 heavy (non-hydrogen) atoms. The summed E-state index contributed by atoms with van der Waals surface area (Å²) in [7, 11) is 3.17. The summed E-state index contributed by atoms with van der Waals surface area (Å²) in [5.41, 5.74) is 0.879. The molecular weight excluding hydrogens is 348 g/mol. The first-order valence-electron chi connectivity index (χ1n) is 8.87. The van der Waals surface area contributed by atoms with Crippen LogP contribution in [0.3, 0.4) is 0 Å². The largest absolute Gasteiger partial charge is 0.493 e. The predicted molar refractivity (Wildman–Crippen MR) is 99.9 cm³/mol. The highest BCUT2D eigenvalue weighted by molar-refractivity contribution is 5.96. The molecule has 1 aromatic carbocycles. The number of likely N-dealkylation sites (tertiary alicyclic amines) is 1. The molecule has 0 radical (unpaired) electrons. The molecule has 1 unspecified atom stereocenters. The van der Waals surface area contributed by atoms with E-state index < -0.39 is 0 Å². The lowest BCUT2D eigenvalue weighted by Crippen LogP contribution is -2.28. The van der Waals surface area contributed by atoms with Crippen LogP contribution in [0, 0.1) is 5.92 Å². The van der Waals surface area contributed by atoms with Crippen molar-refractivity contribution in [3.8, 4) is 11.5 Å². The predicted octanol–water partition coefficient (Wildman–Crippen LogP) is 1.76. The molecule has 2 amide bonds. The van der Waals surface area contributed by atoms with Gasteiger partial charge in [-0.3, -0.25) is 9.59 Å². The van der Waals surface area contributed by atoms with Crippen LogP contribution in [-0.2, 0) is 16.1 Å². The van der Waals surface area contributed by atoms with Crippen LogP contribution in [0.25, 0.3) is 0 Å². The molecule has 0 saturated carbocycles. The Kier molecular flexibility index (Phi) is 5.63. The molecule has 0 spiro atoms. The molecule has 8 heteroatoms. The number of ether oxygens (including phenoxy) is 2. The lowest BCUT2D eigenvalue weighted by Gasteiger charge is -2.16. The van der Waals surface area contributed by atoms with E-state index in [-0.39, 0.29) is 24.2 Å². The maximum Gasteiger partial charge on any atom is 0.230 e. The van der Waals surface area contributed by atoms with E-state index in [1.807, 2.05) is 25.1 Å². The quantitative estimate of drug-likeness (QED) is 0.800. The van der Waals surface area contributed by atoms with E-state index in [1.54, 1.807) is 36.1 Å². The summed E-state index contributed by atoms with van der Waals surface area (Å²) in [6.07, 6.45) is 1.87. The molecule has 1 aliphatic rings. The molecule has 1 fully saturated rings. The van der Waals surface area contributed by atoms with E-state index in [0.29, 0.717) is 37.0 Å². The Hall–Kier alpha value is -3.03. The van der Waals surface area contributed by atoms with Crippen molar-refractivity contribution in [2.75, 3.05) is 32.6 Å². The van der Waals surface area contributed by atoms with E-state index >= 15 is 0 Å². The highest BCUT2D eigenvalue weighted by Crippen LogP contribution is 2.31. The van der Waals surface area contributed by atoms with E-state index in [9.17, 15) is 9.59 Å². The zero-order chi connectivity index (χ0) is 19.4. The van der Waals surface area contributed by atoms with Crippen LogP contribution in [0.1, 0.15) is 18.9 Å². The van der Waals surface area contributed by atoms with Gasteiger partial charge in [0.05, 0.1) is 32.9 Å². The van der Waals surface area contributed by atoms with Crippen LogP contribution in [0.15, 0.2) is 30.5 Å². The minimum Gasteiger partial charge on any atom is -0.493 e. The fraction of sp³-hybridized carbons (Fsp3) is 0.421. The van der Waals surface area contributed by atoms with Gasteiger partial charge in [-0.1, -0.05) is 12.1 Å². The summed E-state index contributed by atoms with van der Waals surface area (Å²) in [5.74, 6) is 1.36. The minimum absolute atomic E-state index is 0.0206. The van der Waals surface area contributed by atoms with Gasteiger partial charge in [0.2, 0.25) is 11.8 Å². The third-order valence-corrected chi connectivity index (χ3v) is 4.74. The standard InChI is InChI=1S/C19H24N4O4/c1-4-22-11-14(10-17(22)24)19(25)21-16-8-9-20-23(16)12-13-6-5-7-15(26-2)18(13)27-3/h5-9,14H,4,10-12H2,1-3H3,(H,21,25). The Labute approximate surface area is 158 Å². The Morgan fingerprint density at radius 2 is 2.11 bits per heavy atom. The van der Waals surface area contributed by atoms with Crippen molar-refractivity contribution in [2.24, 2.45) is 5.92 Å². The third kappa shape index (κ3) is 3.89. The van der Waals surface area contributed by atoms with Crippen LogP contribution >= 0.6 is 0 Å². The van der Waals surface area contributed by atoms with Crippen molar-refractivity contribution in [1.82, 2.24) is 14.7 Å². The zero-order valence-electron chi connectivity index (χ0n) is 15.8. The van der Waals surface area contributed by atoms with Gasteiger partial charge >= 0.3 is 0 Å². The average molecular weight is 372 g/mol. The lowest BCUT2D eigenvalue weighted by molar-refractivity contribution is -0.128. The molecule has 2 heterocycles. The van der Waals surface area contributed by atoms with Gasteiger partial charge < -0.3 is 19.7 Å². The number of carbonyl (C=O) groups is 2. The molecular formula is C19H24N4O4. The van der Waals surface area contributed by atoms with Crippen LogP contribution in [-0.4, -0.2) is 53.8 Å². The normalized spacial score (nSPS) is 16.5. The number of carbonyl (C=O) groups excluding carboxylic acids is 2. The highest BCUT2D eigenvalue weighted by Gasteiger charge is 2.33. The van der Waals surface area contributed by atoms with Crippen LogP contribution in [0.2, 0.25) is 0 Å². The molecule has 8 nitrogen and oxygen atoms in total. The summed E-state index contributed by atoms with van der Waals surface area (Å²) in [6, 6.07) is 7.36. The Morgan fingerprint density at radius 3 is 2.78 bits per heavy atom. The molecule has 0 bridgehead atoms. The number of amides is 2. The molecule has 1 saturated heterocycles. The summed E-state index contributed by atoms with van der Waals surface area (Å²) in [5, 5.41) is 7.19. The molecule has 1 aromatic heterocycles. The van der Waals surface area contributed by atoms with Crippen molar-refractivity contribution >= 4 is 17.6 Å². The van der Waals surface area contributed by atoms with Crippen molar-refractivity contribution in [3.63, 3.8) is 0 Å². The molecule has 0 aliphatic carbocycles. The molecule has 144 valence electrons. The highest BCUT2D eigenvalue weighted by atomic mass is 16.5. The van der Waals surface area contributed by atoms with Gasteiger partial charge in [0.1, 0.15) is 5.82 Å². The number of aromatic nitrogens is 2. The number of methoxy groups -OCH3 is 2. The molecule has 1 aliphatic heterocycles. The maximum atomic E-state index is 12.6. The van der Waals surface area contributed by atoms with Gasteiger partial charge in [-0.05, 0) is 13.0 Å². The second kappa shape index (κ2) is 8.11. The van der Waals surface area contributed by atoms with Crippen LogP contribution in [0.4, 0.5) is 5.82 Å². The van der Waals surface area contributed by atoms with Crippen molar-refractivity contribution < 1.29 is 19.1 Å². The van der Waals surface area contributed by atoms with Crippen molar-refractivity contribution in [3.05, 3.63) is 36.0 Å². The molecule has 1 N–H and O–H groups in total.